The van der Waals surface area contributed by atoms with Gasteiger partial charge in [-0.1, -0.05) is 19.0 Å². The highest BCUT2D eigenvalue weighted by atomic mass is 16.5. The fourth-order valence-corrected chi connectivity index (χ4v) is 2.13. The molecule has 0 aliphatic carbocycles. The van der Waals surface area contributed by atoms with Crippen LogP contribution >= 0.6 is 0 Å². The first-order valence-corrected chi connectivity index (χ1v) is 6.58. The molecule has 18 heavy (non-hydrogen) atoms. The monoisotopic (exact) mass is 255 g/mol. The molecule has 0 spiro atoms. The SMILES string of the molecule is CNC(C)C(c1nc(CCCOC)no1)C(C)C. The van der Waals surface area contributed by atoms with E-state index < -0.39 is 0 Å². The van der Waals surface area contributed by atoms with E-state index >= 15 is 0 Å². The van der Waals surface area contributed by atoms with E-state index in [2.05, 4.69) is 36.2 Å². The zero-order valence-electron chi connectivity index (χ0n) is 12.1. The average molecular weight is 255 g/mol. The summed E-state index contributed by atoms with van der Waals surface area (Å²) in [7, 11) is 3.65. The molecule has 0 aliphatic heterocycles. The molecule has 0 bridgehead atoms. The number of ether oxygens (including phenoxy) is 1. The molecule has 1 heterocycles. The number of hydrogen-bond donors (Lipinski definition) is 1. The Hall–Kier alpha value is -0.940. The molecular formula is C13H25N3O2. The van der Waals surface area contributed by atoms with Gasteiger partial charge in [-0.15, -0.1) is 0 Å². The number of nitrogens with zero attached hydrogens (tertiary/aromatic N) is 2. The normalized spacial score (nSPS) is 15.0. The van der Waals surface area contributed by atoms with E-state index in [0.29, 0.717) is 12.0 Å². The minimum atomic E-state index is 0.249. The molecule has 104 valence electrons. The maximum Gasteiger partial charge on any atom is 0.231 e. The quantitative estimate of drug-likeness (QED) is 0.720. The number of aryl methyl sites for hydroxylation is 1. The summed E-state index contributed by atoms with van der Waals surface area (Å²) in [6, 6.07) is 0.317. The first kappa shape index (κ1) is 15.1. The summed E-state index contributed by atoms with van der Waals surface area (Å²) in [6.07, 6.45) is 1.72. The highest BCUT2D eigenvalue weighted by Gasteiger charge is 2.27. The van der Waals surface area contributed by atoms with Crippen molar-refractivity contribution in [2.45, 2.75) is 45.6 Å². The van der Waals surface area contributed by atoms with Crippen LogP contribution < -0.4 is 5.32 Å². The van der Waals surface area contributed by atoms with Gasteiger partial charge in [0.05, 0.1) is 5.92 Å². The Morgan fingerprint density at radius 3 is 2.61 bits per heavy atom. The number of rotatable bonds is 8. The van der Waals surface area contributed by atoms with Crippen LogP contribution in [-0.4, -0.2) is 36.9 Å². The second-order valence-corrected chi connectivity index (χ2v) is 4.99. The molecule has 0 fully saturated rings. The molecule has 5 nitrogen and oxygen atoms in total. The maximum atomic E-state index is 5.40. The molecular weight excluding hydrogens is 230 g/mol. The Kier molecular flexibility index (Phi) is 6.29. The van der Waals surface area contributed by atoms with Gasteiger partial charge in [-0.05, 0) is 26.3 Å². The molecule has 0 saturated carbocycles. The average Bonchev–Trinajstić information content (AvgIpc) is 2.77. The van der Waals surface area contributed by atoms with Gasteiger partial charge in [-0.2, -0.15) is 4.98 Å². The van der Waals surface area contributed by atoms with Crippen molar-refractivity contribution in [3.63, 3.8) is 0 Å². The van der Waals surface area contributed by atoms with Crippen molar-refractivity contribution in [2.75, 3.05) is 20.8 Å². The van der Waals surface area contributed by atoms with E-state index in [0.717, 1.165) is 31.2 Å². The summed E-state index contributed by atoms with van der Waals surface area (Å²) in [5.74, 6) is 2.22. The molecule has 2 unspecified atom stereocenters. The van der Waals surface area contributed by atoms with Crippen LogP contribution in [-0.2, 0) is 11.2 Å². The first-order valence-electron chi connectivity index (χ1n) is 6.58. The van der Waals surface area contributed by atoms with Crippen LogP contribution in [0.3, 0.4) is 0 Å². The van der Waals surface area contributed by atoms with Crippen molar-refractivity contribution in [1.82, 2.24) is 15.5 Å². The molecule has 2 atom stereocenters. The molecule has 0 amide bonds. The van der Waals surface area contributed by atoms with Crippen molar-refractivity contribution >= 4 is 0 Å². The third-order valence-electron chi connectivity index (χ3n) is 3.23. The summed E-state index contributed by atoms with van der Waals surface area (Å²) in [6.45, 7) is 7.21. The lowest BCUT2D eigenvalue weighted by Gasteiger charge is -2.23. The van der Waals surface area contributed by atoms with Crippen LogP contribution in [0, 0.1) is 5.92 Å². The van der Waals surface area contributed by atoms with Gasteiger partial charge in [-0.3, -0.25) is 0 Å². The van der Waals surface area contributed by atoms with Crippen molar-refractivity contribution in [3.8, 4) is 0 Å². The smallest absolute Gasteiger partial charge is 0.231 e. The fraction of sp³-hybridized carbons (Fsp3) is 0.846. The Morgan fingerprint density at radius 2 is 2.06 bits per heavy atom. The Bertz CT molecular complexity index is 339. The highest BCUT2D eigenvalue weighted by Crippen LogP contribution is 2.26. The summed E-state index contributed by atoms with van der Waals surface area (Å²) in [5, 5.41) is 7.30. The summed E-state index contributed by atoms with van der Waals surface area (Å²) in [4.78, 5) is 4.50. The lowest BCUT2D eigenvalue weighted by Crippen LogP contribution is -2.32. The number of nitrogens with one attached hydrogen (secondary N) is 1. The summed E-state index contributed by atoms with van der Waals surface area (Å²) < 4.78 is 10.4. The largest absolute Gasteiger partial charge is 0.385 e. The Balaban J connectivity index is 2.69. The predicted molar refractivity (Wildman–Crippen MR) is 70.6 cm³/mol. The minimum Gasteiger partial charge on any atom is -0.385 e. The van der Waals surface area contributed by atoms with E-state index in [1.165, 1.54) is 0 Å². The lowest BCUT2D eigenvalue weighted by atomic mass is 9.89. The van der Waals surface area contributed by atoms with Gasteiger partial charge < -0.3 is 14.6 Å². The van der Waals surface area contributed by atoms with Crippen LogP contribution in [0.2, 0.25) is 0 Å². The molecule has 1 aromatic heterocycles. The zero-order valence-corrected chi connectivity index (χ0v) is 12.1. The standard InChI is InChI=1S/C13H25N3O2/c1-9(2)12(10(3)14-4)13-15-11(16-18-13)7-6-8-17-5/h9-10,12,14H,6-8H2,1-5H3. The lowest BCUT2D eigenvalue weighted by molar-refractivity contribution is 0.194. The second kappa shape index (κ2) is 7.48. The molecule has 1 aromatic rings. The van der Waals surface area contributed by atoms with Gasteiger partial charge in [0.15, 0.2) is 5.82 Å². The molecule has 0 aromatic carbocycles. The summed E-state index contributed by atoms with van der Waals surface area (Å²) in [5.41, 5.74) is 0. The van der Waals surface area contributed by atoms with Gasteiger partial charge in [0, 0.05) is 26.2 Å². The zero-order chi connectivity index (χ0) is 13.5. The molecule has 1 N–H and O–H groups in total. The molecule has 0 radical (unpaired) electrons. The van der Waals surface area contributed by atoms with E-state index in [1.54, 1.807) is 7.11 Å². The van der Waals surface area contributed by atoms with Crippen LogP contribution in [0.5, 0.6) is 0 Å². The van der Waals surface area contributed by atoms with Crippen LogP contribution in [0.15, 0.2) is 4.52 Å². The van der Waals surface area contributed by atoms with Gasteiger partial charge in [0.2, 0.25) is 5.89 Å². The van der Waals surface area contributed by atoms with E-state index in [9.17, 15) is 0 Å². The van der Waals surface area contributed by atoms with Crippen molar-refractivity contribution in [3.05, 3.63) is 11.7 Å². The van der Waals surface area contributed by atoms with Gasteiger partial charge >= 0.3 is 0 Å². The molecule has 0 saturated heterocycles. The van der Waals surface area contributed by atoms with Gasteiger partial charge in [0.1, 0.15) is 0 Å². The first-order chi connectivity index (χ1) is 8.60. The van der Waals surface area contributed by atoms with Crippen LogP contribution in [0.4, 0.5) is 0 Å². The molecule has 5 heteroatoms. The molecule has 0 aliphatic rings. The van der Waals surface area contributed by atoms with Crippen LogP contribution in [0.1, 0.15) is 44.8 Å². The third kappa shape index (κ3) is 4.07. The van der Waals surface area contributed by atoms with E-state index in [4.69, 9.17) is 9.26 Å². The summed E-state index contributed by atoms with van der Waals surface area (Å²) >= 11 is 0. The maximum absolute atomic E-state index is 5.40. The predicted octanol–water partition coefficient (Wildman–Crippen LogP) is 2.00. The topological polar surface area (TPSA) is 60.2 Å². The number of hydrogen-bond acceptors (Lipinski definition) is 5. The van der Waals surface area contributed by atoms with Gasteiger partial charge in [-0.25, -0.2) is 0 Å². The van der Waals surface area contributed by atoms with Crippen molar-refractivity contribution in [1.29, 1.82) is 0 Å². The fourth-order valence-electron chi connectivity index (χ4n) is 2.13. The number of methoxy groups -OCH3 is 1. The Morgan fingerprint density at radius 1 is 1.33 bits per heavy atom. The second-order valence-electron chi connectivity index (χ2n) is 4.99. The third-order valence-corrected chi connectivity index (χ3v) is 3.23. The number of likely N-dealkylation sites (N-methyl/N-ethyl adjacent to an activating group) is 1. The molecule has 1 rings (SSSR count). The Labute approximate surface area is 109 Å². The van der Waals surface area contributed by atoms with E-state index in [1.807, 2.05) is 7.05 Å². The van der Waals surface area contributed by atoms with Crippen LogP contribution in [0.25, 0.3) is 0 Å². The van der Waals surface area contributed by atoms with Gasteiger partial charge in [0.25, 0.3) is 0 Å². The minimum absolute atomic E-state index is 0.249. The van der Waals surface area contributed by atoms with Crippen molar-refractivity contribution < 1.29 is 9.26 Å². The van der Waals surface area contributed by atoms with Crippen molar-refractivity contribution in [2.24, 2.45) is 5.92 Å². The highest BCUT2D eigenvalue weighted by molar-refractivity contribution is 5.00. The van der Waals surface area contributed by atoms with E-state index in [-0.39, 0.29) is 5.92 Å². The number of aromatic nitrogens is 2.